The maximum atomic E-state index is 10.7. The van der Waals surface area contributed by atoms with Gasteiger partial charge in [0.2, 0.25) is 0 Å². The number of hydrogen-bond acceptors (Lipinski definition) is 1. The summed E-state index contributed by atoms with van der Waals surface area (Å²) >= 11 is 0. The zero-order valence-electron chi connectivity index (χ0n) is 15.7. The highest BCUT2D eigenvalue weighted by Crippen LogP contribution is 2.68. The number of aliphatic hydroxyl groups is 1. The fourth-order valence-electron chi connectivity index (χ4n) is 8.19. The molecule has 0 spiro atoms. The van der Waals surface area contributed by atoms with Crippen molar-refractivity contribution < 1.29 is 5.11 Å². The molecule has 0 unspecified atom stereocenters. The first-order valence-electron chi connectivity index (χ1n) is 10.6. The van der Waals surface area contributed by atoms with Crippen LogP contribution in [0.15, 0.2) is 0 Å². The largest absolute Gasteiger partial charge is 0.390 e. The summed E-state index contributed by atoms with van der Waals surface area (Å²) in [6.45, 7) is 7.11. The molecule has 0 aromatic rings. The highest BCUT2D eigenvalue weighted by atomic mass is 16.3. The van der Waals surface area contributed by atoms with Crippen LogP contribution in [-0.2, 0) is 0 Å². The summed E-state index contributed by atoms with van der Waals surface area (Å²) in [4.78, 5) is 0. The highest BCUT2D eigenvalue weighted by Gasteiger charge is 2.59. The van der Waals surface area contributed by atoms with E-state index in [4.69, 9.17) is 0 Å². The molecule has 23 heavy (non-hydrogen) atoms. The van der Waals surface area contributed by atoms with Crippen molar-refractivity contribution in [3.05, 3.63) is 0 Å². The molecule has 4 rings (SSSR count). The summed E-state index contributed by atoms with van der Waals surface area (Å²) in [5.74, 6) is 3.83. The second-order valence-electron chi connectivity index (χ2n) is 10.4. The molecule has 0 radical (unpaired) electrons. The molecule has 1 nitrogen and oxygen atoms in total. The van der Waals surface area contributed by atoms with Crippen LogP contribution in [0.2, 0.25) is 0 Å². The maximum absolute atomic E-state index is 10.7. The van der Waals surface area contributed by atoms with Gasteiger partial charge < -0.3 is 5.11 Å². The van der Waals surface area contributed by atoms with Crippen molar-refractivity contribution in [3.8, 4) is 0 Å². The van der Waals surface area contributed by atoms with Gasteiger partial charge in [0.25, 0.3) is 0 Å². The van der Waals surface area contributed by atoms with Gasteiger partial charge in [-0.1, -0.05) is 26.7 Å². The van der Waals surface area contributed by atoms with Gasteiger partial charge in [-0.05, 0) is 106 Å². The van der Waals surface area contributed by atoms with Crippen LogP contribution < -0.4 is 0 Å². The Morgan fingerprint density at radius 1 is 0.913 bits per heavy atom. The summed E-state index contributed by atoms with van der Waals surface area (Å²) in [6, 6.07) is 0. The van der Waals surface area contributed by atoms with Crippen molar-refractivity contribution in [2.75, 3.05) is 0 Å². The first-order chi connectivity index (χ1) is 10.9. The second-order valence-corrected chi connectivity index (χ2v) is 10.4. The van der Waals surface area contributed by atoms with Crippen LogP contribution in [0.3, 0.4) is 0 Å². The maximum Gasteiger partial charge on any atom is 0.0622 e. The molecule has 0 aromatic carbocycles. The van der Waals surface area contributed by atoms with Crippen molar-refractivity contribution in [3.63, 3.8) is 0 Å². The summed E-state index contributed by atoms with van der Waals surface area (Å²) in [6.07, 6.45) is 16.6. The monoisotopic (exact) mass is 318 g/mol. The molecule has 0 bridgehead atoms. The van der Waals surface area contributed by atoms with E-state index < -0.39 is 0 Å². The lowest BCUT2D eigenvalue weighted by Crippen LogP contribution is -2.56. The Balaban J connectivity index is 1.65. The third-order valence-electron chi connectivity index (χ3n) is 9.15. The van der Waals surface area contributed by atoms with Crippen LogP contribution in [0.25, 0.3) is 0 Å². The zero-order valence-corrected chi connectivity index (χ0v) is 15.7. The number of fused-ring (bicyclic) bond motifs is 5. The summed E-state index contributed by atoms with van der Waals surface area (Å²) in [7, 11) is 0. The molecule has 0 amide bonds. The van der Waals surface area contributed by atoms with Gasteiger partial charge in [0, 0.05) is 0 Å². The van der Waals surface area contributed by atoms with Crippen LogP contribution in [0.5, 0.6) is 0 Å². The summed E-state index contributed by atoms with van der Waals surface area (Å²) in [5, 5.41) is 10.7. The minimum Gasteiger partial charge on any atom is -0.390 e. The fraction of sp³-hybridized carbons (Fsp3) is 1.00. The molecule has 4 aliphatic carbocycles. The Morgan fingerprint density at radius 3 is 2.52 bits per heavy atom. The van der Waals surface area contributed by atoms with Crippen molar-refractivity contribution in [2.45, 2.75) is 103 Å². The van der Waals surface area contributed by atoms with Crippen molar-refractivity contribution in [2.24, 2.45) is 34.5 Å². The van der Waals surface area contributed by atoms with E-state index in [1.807, 2.05) is 0 Å². The standard InChI is InChI=1S/C22H38O/c1-4-10-22-14-13-21(3,23)15-16(22)7-8-17-18-6-5-11-20(18,2)12-9-19(17)22/h16-19,23H,4-15H2,1-3H3/t16-,17+,18+,19+,20+,21-,22+/m1/s1. The SMILES string of the molecule is CCC[C@]12CC[C@@](C)(O)C[C@H]1CC[C@H]1[C@@H]3CCC[C@@]3(C)CC[C@@H]12. The summed E-state index contributed by atoms with van der Waals surface area (Å²) in [5.41, 5.74) is 0.886. The Labute approximate surface area is 143 Å². The van der Waals surface area contributed by atoms with E-state index in [1.165, 1.54) is 64.2 Å². The highest BCUT2D eigenvalue weighted by molar-refractivity contribution is 5.09. The minimum atomic E-state index is -0.384. The van der Waals surface area contributed by atoms with Gasteiger partial charge in [-0.2, -0.15) is 0 Å². The lowest BCUT2D eigenvalue weighted by molar-refractivity contribution is -0.154. The van der Waals surface area contributed by atoms with E-state index in [2.05, 4.69) is 20.8 Å². The van der Waals surface area contributed by atoms with Crippen molar-refractivity contribution >= 4 is 0 Å². The molecule has 1 N–H and O–H groups in total. The van der Waals surface area contributed by atoms with Gasteiger partial charge in [-0.15, -0.1) is 0 Å². The van der Waals surface area contributed by atoms with Crippen LogP contribution in [-0.4, -0.2) is 10.7 Å². The van der Waals surface area contributed by atoms with E-state index in [-0.39, 0.29) is 5.60 Å². The molecule has 7 atom stereocenters. The molecule has 4 fully saturated rings. The lowest BCUT2D eigenvalue weighted by Gasteiger charge is -2.62. The Bertz CT molecular complexity index is 455. The minimum absolute atomic E-state index is 0.384. The van der Waals surface area contributed by atoms with Crippen LogP contribution in [0, 0.1) is 34.5 Å². The Hall–Kier alpha value is -0.0400. The van der Waals surface area contributed by atoms with Gasteiger partial charge in [-0.3, -0.25) is 0 Å². The predicted octanol–water partition coefficient (Wildman–Crippen LogP) is 5.95. The van der Waals surface area contributed by atoms with E-state index in [1.54, 1.807) is 0 Å². The third kappa shape index (κ3) is 2.43. The molecule has 4 aliphatic rings. The fourth-order valence-corrected chi connectivity index (χ4v) is 8.19. The molecule has 132 valence electrons. The van der Waals surface area contributed by atoms with E-state index in [0.29, 0.717) is 10.8 Å². The number of rotatable bonds is 2. The van der Waals surface area contributed by atoms with Gasteiger partial charge in [0.05, 0.1) is 5.60 Å². The topological polar surface area (TPSA) is 20.2 Å². The lowest BCUT2D eigenvalue weighted by atomic mass is 9.43. The third-order valence-corrected chi connectivity index (χ3v) is 9.15. The smallest absolute Gasteiger partial charge is 0.0622 e. The predicted molar refractivity (Wildman–Crippen MR) is 96.2 cm³/mol. The first-order valence-corrected chi connectivity index (χ1v) is 10.6. The summed E-state index contributed by atoms with van der Waals surface area (Å²) < 4.78 is 0. The van der Waals surface area contributed by atoms with Gasteiger partial charge >= 0.3 is 0 Å². The zero-order chi connectivity index (χ0) is 16.3. The molecule has 0 heterocycles. The van der Waals surface area contributed by atoms with Gasteiger partial charge in [0.15, 0.2) is 0 Å². The molecular formula is C22H38O. The van der Waals surface area contributed by atoms with Crippen molar-refractivity contribution in [1.82, 2.24) is 0 Å². The van der Waals surface area contributed by atoms with Gasteiger partial charge in [0.1, 0.15) is 0 Å². The Morgan fingerprint density at radius 2 is 1.74 bits per heavy atom. The van der Waals surface area contributed by atoms with E-state index in [0.717, 1.165) is 36.5 Å². The quantitative estimate of drug-likeness (QED) is 0.667. The molecule has 0 aliphatic heterocycles. The van der Waals surface area contributed by atoms with Crippen LogP contribution >= 0.6 is 0 Å². The van der Waals surface area contributed by atoms with Crippen molar-refractivity contribution in [1.29, 1.82) is 0 Å². The molecule has 0 saturated heterocycles. The molecule has 4 saturated carbocycles. The average molecular weight is 319 g/mol. The van der Waals surface area contributed by atoms with Crippen LogP contribution in [0.1, 0.15) is 97.8 Å². The van der Waals surface area contributed by atoms with Crippen LogP contribution in [0.4, 0.5) is 0 Å². The molecule has 0 aromatic heterocycles. The Kier molecular flexibility index (Phi) is 3.91. The van der Waals surface area contributed by atoms with Gasteiger partial charge in [-0.25, -0.2) is 0 Å². The van der Waals surface area contributed by atoms with E-state index in [9.17, 15) is 5.11 Å². The second kappa shape index (κ2) is 5.48. The first kappa shape index (κ1) is 16.4. The molecule has 1 heteroatoms. The normalized spacial score (nSPS) is 55.8. The molecular weight excluding hydrogens is 280 g/mol. The van der Waals surface area contributed by atoms with E-state index >= 15 is 0 Å². The average Bonchev–Trinajstić information content (AvgIpc) is 2.89. The number of hydrogen-bond donors (Lipinski definition) is 1.